The van der Waals surface area contributed by atoms with Crippen LogP contribution in [0, 0.1) is 0 Å². The Morgan fingerprint density at radius 2 is 1.47 bits per heavy atom. The number of carbonyl (C=O) groups is 2. The molecule has 0 spiro atoms. The average Bonchev–Trinajstić information content (AvgIpc) is 3.25. The average molecular weight is 448 g/mol. The summed E-state index contributed by atoms with van der Waals surface area (Å²) in [6, 6.07) is 13.5. The van der Waals surface area contributed by atoms with E-state index in [1.54, 1.807) is 31.2 Å². The van der Waals surface area contributed by atoms with E-state index < -0.39 is 10.0 Å². The van der Waals surface area contributed by atoms with Crippen LogP contribution in [0.25, 0.3) is 0 Å². The normalized spacial score (nSPS) is 15.5. The van der Waals surface area contributed by atoms with Crippen LogP contribution in [0.3, 0.4) is 0 Å². The first-order valence-corrected chi connectivity index (χ1v) is 12.0. The van der Waals surface area contributed by atoms with Gasteiger partial charge in [-0.05, 0) is 68.3 Å². The summed E-state index contributed by atoms with van der Waals surface area (Å²) < 4.78 is 26.6. The number of hydrogen-bond donors (Lipinski definition) is 2. The van der Waals surface area contributed by atoms with Crippen molar-refractivity contribution >= 4 is 45.0 Å². The van der Waals surface area contributed by atoms with E-state index in [1.807, 2.05) is 12.1 Å². The fraction of sp³-hybridized carbons (Fsp3) is 0.333. The summed E-state index contributed by atoms with van der Waals surface area (Å²) in [4.78, 5) is 24.7. The number of hydrogen-bond acceptors (Lipinski definition) is 5. The lowest BCUT2D eigenvalue weighted by Crippen LogP contribution is -2.27. The number of amides is 2. The Hall–Kier alpha value is -2.36. The van der Waals surface area contributed by atoms with Crippen molar-refractivity contribution in [2.45, 2.75) is 41.7 Å². The summed E-state index contributed by atoms with van der Waals surface area (Å²) in [5.41, 5.74) is 1.25. The number of anilines is 2. The Balaban J connectivity index is 1.58. The van der Waals surface area contributed by atoms with E-state index in [2.05, 4.69) is 10.6 Å². The standard InChI is InChI=1S/C21H25N3O4S2/c1-15(29-19-9-5-17(6-10-19)22-16(2)25)21(26)23-18-7-11-20(12-8-18)30(27,28)24-13-3-4-14-24/h5-12,15H,3-4,13-14H2,1-2H3,(H,22,25)(H,23,26)/t15-/m0/s1. The molecular weight excluding hydrogens is 422 g/mol. The largest absolute Gasteiger partial charge is 0.326 e. The van der Waals surface area contributed by atoms with Gasteiger partial charge in [-0.2, -0.15) is 4.31 Å². The van der Waals surface area contributed by atoms with Gasteiger partial charge in [0.15, 0.2) is 0 Å². The molecule has 0 unspecified atom stereocenters. The molecule has 1 heterocycles. The smallest absolute Gasteiger partial charge is 0.243 e. The van der Waals surface area contributed by atoms with Gasteiger partial charge in [-0.15, -0.1) is 11.8 Å². The molecular formula is C21H25N3O4S2. The maximum absolute atomic E-state index is 12.6. The zero-order valence-corrected chi connectivity index (χ0v) is 18.6. The molecule has 3 rings (SSSR count). The maximum Gasteiger partial charge on any atom is 0.243 e. The molecule has 0 aromatic heterocycles. The Bertz CT molecular complexity index is 1000. The Morgan fingerprint density at radius 1 is 0.933 bits per heavy atom. The highest BCUT2D eigenvalue weighted by atomic mass is 32.2. The molecule has 0 bridgehead atoms. The van der Waals surface area contributed by atoms with Crippen LogP contribution in [0.1, 0.15) is 26.7 Å². The quantitative estimate of drug-likeness (QED) is 0.633. The minimum atomic E-state index is -3.46. The molecule has 0 saturated carbocycles. The molecule has 2 N–H and O–H groups in total. The molecule has 2 aromatic carbocycles. The summed E-state index contributed by atoms with van der Waals surface area (Å²) in [7, 11) is -3.46. The van der Waals surface area contributed by atoms with E-state index in [9.17, 15) is 18.0 Å². The topological polar surface area (TPSA) is 95.6 Å². The fourth-order valence-electron chi connectivity index (χ4n) is 3.11. The first kappa shape index (κ1) is 22.3. The van der Waals surface area contributed by atoms with Crippen molar-refractivity contribution in [2.24, 2.45) is 0 Å². The van der Waals surface area contributed by atoms with Gasteiger partial charge in [0.1, 0.15) is 0 Å². The Labute approximate surface area is 181 Å². The van der Waals surface area contributed by atoms with Crippen LogP contribution in [0.4, 0.5) is 11.4 Å². The van der Waals surface area contributed by atoms with Gasteiger partial charge in [0.05, 0.1) is 10.1 Å². The van der Waals surface area contributed by atoms with E-state index in [1.165, 1.54) is 35.1 Å². The third-order valence-corrected chi connectivity index (χ3v) is 7.71. The van der Waals surface area contributed by atoms with Crippen molar-refractivity contribution in [3.05, 3.63) is 48.5 Å². The van der Waals surface area contributed by atoms with Gasteiger partial charge in [-0.3, -0.25) is 9.59 Å². The first-order chi connectivity index (χ1) is 14.3. The summed E-state index contributed by atoms with van der Waals surface area (Å²) in [6.07, 6.45) is 1.78. The molecule has 1 fully saturated rings. The van der Waals surface area contributed by atoms with E-state index >= 15 is 0 Å². The number of benzene rings is 2. The molecule has 1 atom stereocenters. The molecule has 1 saturated heterocycles. The Morgan fingerprint density at radius 3 is 2.03 bits per heavy atom. The molecule has 0 radical (unpaired) electrons. The maximum atomic E-state index is 12.6. The van der Waals surface area contributed by atoms with Crippen LogP contribution in [0.5, 0.6) is 0 Å². The molecule has 1 aliphatic heterocycles. The second kappa shape index (κ2) is 9.63. The van der Waals surface area contributed by atoms with Gasteiger partial charge in [0, 0.05) is 36.3 Å². The zero-order valence-electron chi connectivity index (χ0n) is 16.9. The highest BCUT2D eigenvalue weighted by Gasteiger charge is 2.27. The third-order valence-electron chi connectivity index (χ3n) is 4.68. The zero-order chi connectivity index (χ0) is 21.7. The van der Waals surface area contributed by atoms with Crippen LogP contribution in [-0.4, -0.2) is 42.9 Å². The van der Waals surface area contributed by atoms with Crippen molar-refractivity contribution in [1.82, 2.24) is 4.31 Å². The summed E-state index contributed by atoms with van der Waals surface area (Å²) >= 11 is 1.40. The predicted molar refractivity (Wildman–Crippen MR) is 119 cm³/mol. The molecule has 9 heteroatoms. The number of carbonyl (C=O) groups excluding carboxylic acids is 2. The van der Waals surface area contributed by atoms with E-state index in [-0.39, 0.29) is 22.0 Å². The summed E-state index contributed by atoms with van der Waals surface area (Å²) in [6.45, 7) is 4.36. The SMILES string of the molecule is CC(=O)Nc1ccc(S[C@@H](C)C(=O)Nc2ccc(S(=O)(=O)N3CCCC3)cc2)cc1. The van der Waals surface area contributed by atoms with E-state index in [4.69, 9.17) is 0 Å². The number of rotatable bonds is 7. The minimum Gasteiger partial charge on any atom is -0.326 e. The summed E-state index contributed by atoms with van der Waals surface area (Å²) in [5.74, 6) is -0.316. The van der Waals surface area contributed by atoms with Crippen molar-refractivity contribution in [1.29, 1.82) is 0 Å². The number of sulfonamides is 1. The van der Waals surface area contributed by atoms with Crippen LogP contribution < -0.4 is 10.6 Å². The van der Waals surface area contributed by atoms with E-state index in [0.717, 1.165) is 17.7 Å². The molecule has 0 aliphatic carbocycles. The van der Waals surface area contributed by atoms with Crippen molar-refractivity contribution in [3.8, 4) is 0 Å². The van der Waals surface area contributed by atoms with Gasteiger partial charge in [0.2, 0.25) is 21.8 Å². The van der Waals surface area contributed by atoms with Gasteiger partial charge in [0.25, 0.3) is 0 Å². The van der Waals surface area contributed by atoms with E-state index in [0.29, 0.717) is 24.5 Å². The van der Waals surface area contributed by atoms with Crippen molar-refractivity contribution in [2.75, 3.05) is 23.7 Å². The number of nitrogens with zero attached hydrogens (tertiary/aromatic N) is 1. The van der Waals surface area contributed by atoms with Crippen molar-refractivity contribution < 1.29 is 18.0 Å². The second-order valence-electron chi connectivity index (χ2n) is 7.09. The predicted octanol–water partition coefficient (Wildman–Crippen LogP) is 3.55. The fourth-order valence-corrected chi connectivity index (χ4v) is 5.49. The van der Waals surface area contributed by atoms with Crippen LogP contribution in [-0.2, 0) is 19.6 Å². The van der Waals surface area contributed by atoms with Gasteiger partial charge < -0.3 is 10.6 Å². The van der Waals surface area contributed by atoms with Crippen LogP contribution >= 0.6 is 11.8 Å². The monoisotopic (exact) mass is 447 g/mol. The van der Waals surface area contributed by atoms with Crippen LogP contribution in [0.15, 0.2) is 58.3 Å². The molecule has 7 nitrogen and oxygen atoms in total. The van der Waals surface area contributed by atoms with Gasteiger partial charge >= 0.3 is 0 Å². The highest BCUT2D eigenvalue weighted by molar-refractivity contribution is 8.00. The lowest BCUT2D eigenvalue weighted by atomic mass is 10.3. The van der Waals surface area contributed by atoms with Crippen molar-refractivity contribution in [3.63, 3.8) is 0 Å². The lowest BCUT2D eigenvalue weighted by molar-refractivity contribution is -0.115. The second-order valence-corrected chi connectivity index (χ2v) is 10.4. The first-order valence-electron chi connectivity index (χ1n) is 9.71. The molecule has 2 aromatic rings. The minimum absolute atomic E-state index is 0.137. The molecule has 30 heavy (non-hydrogen) atoms. The number of thioether (sulfide) groups is 1. The highest BCUT2D eigenvalue weighted by Crippen LogP contribution is 2.26. The van der Waals surface area contributed by atoms with Gasteiger partial charge in [-0.25, -0.2) is 8.42 Å². The van der Waals surface area contributed by atoms with Gasteiger partial charge in [-0.1, -0.05) is 0 Å². The third kappa shape index (κ3) is 5.62. The molecule has 1 aliphatic rings. The van der Waals surface area contributed by atoms with Crippen LogP contribution in [0.2, 0.25) is 0 Å². The Kier molecular flexibility index (Phi) is 7.17. The molecule has 160 valence electrons. The lowest BCUT2D eigenvalue weighted by Gasteiger charge is -2.16. The number of nitrogens with one attached hydrogen (secondary N) is 2. The summed E-state index contributed by atoms with van der Waals surface area (Å²) in [5, 5.41) is 5.17. The molecule has 2 amide bonds.